The predicted octanol–water partition coefficient (Wildman–Crippen LogP) is 1.14. The summed E-state index contributed by atoms with van der Waals surface area (Å²) in [6.07, 6.45) is -0.0165. The second kappa shape index (κ2) is 7.45. The van der Waals surface area contributed by atoms with E-state index in [4.69, 9.17) is 5.14 Å². The molecule has 27 heavy (non-hydrogen) atoms. The summed E-state index contributed by atoms with van der Waals surface area (Å²) in [5.41, 5.74) is 0.712. The van der Waals surface area contributed by atoms with Crippen molar-refractivity contribution >= 4 is 27.5 Å². The fraction of sp³-hybridized carbons (Fsp3) is 0.222. The Balaban J connectivity index is 1.64. The number of nitrogens with two attached hydrogens (primary N) is 1. The predicted molar refractivity (Wildman–Crippen MR) is 96.5 cm³/mol. The zero-order valence-corrected chi connectivity index (χ0v) is 15.1. The Morgan fingerprint density at radius 2 is 1.96 bits per heavy atom. The summed E-state index contributed by atoms with van der Waals surface area (Å²) in [4.78, 5) is 25.8. The average Bonchev–Trinajstić information content (AvgIpc) is 3.01. The molecule has 142 valence electrons. The van der Waals surface area contributed by atoms with Gasteiger partial charge in [0.25, 0.3) is 0 Å². The van der Waals surface area contributed by atoms with E-state index < -0.39 is 21.8 Å². The Hall–Kier alpha value is -2.78. The largest absolute Gasteiger partial charge is 0.352 e. The Kier molecular flexibility index (Phi) is 5.24. The summed E-state index contributed by atoms with van der Waals surface area (Å²) < 4.78 is 36.7. The molecule has 3 rings (SSSR count). The maximum absolute atomic E-state index is 13.9. The van der Waals surface area contributed by atoms with Crippen LogP contribution in [-0.4, -0.2) is 26.8 Å². The molecule has 2 aromatic rings. The van der Waals surface area contributed by atoms with E-state index in [1.165, 1.54) is 41.3 Å². The minimum atomic E-state index is -3.83. The van der Waals surface area contributed by atoms with E-state index in [0.29, 0.717) is 5.56 Å². The molecule has 0 aliphatic carbocycles. The van der Waals surface area contributed by atoms with Gasteiger partial charge in [-0.25, -0.2) is 17.9 Å². The van der Waals surface area contributed by atoms with Gasteiger partial charge in [-0.05, 0) is 29.8 Å². The van der Waals surface area contributed by atoms with Gasteiger partial charge >= 0.3 is 0 Å². The molecule has 0 spiro atoms. The van der Waals surface area contributed by atoms with Gasteiger partial charge in [0.1, 0.15) is 5.82 Å². The van der Waals surface area contributed by atoms with Crippen LogP contribution in [0.1, 0.15) is 12.0 Å². The first-order chi connectivity index (χ1) is 12.8. The Morgan fingerprint density at radius 1 is 1.22 bits per heavy atom. The first-order valence-electron chi connectivity index (χ1n) is 8.20. The van der Waals surface area contributed by atoms with Crippen LogP contribution in [0.5, 0.6) is 0 Å². The molecule has 1 atom stereocenters. The van der Waals surface area contributed by atoms with Crippen LogP contribution in [0.25, 0.3) is 0 Å². The molecule has 3 N–H and O–H groups in total. The van der Waals surface area contributed by atoms with Crippen LogP contribution in [0.2, 0.25) is 0 Å². The molecule has 0 bridgehead atoms. The highest BCUT2D eigenvalue weighted by Gasteiger charge is 2.35. The third-order valence-corrected chi connectivity index (χ3v) is 5.24. The molecule has 7 nitrogen and oxygen atoms in total. The number of hydrogen-bond donors (Lipinski definition) is 2. The molecule has 1 heterocycles. The summed E-state index contributed by atoms with van der Waals surface area (Å²) in [6, 6.07) is 11.8. The first-order valence-corrected chi connectivity index (χ1v) is 9.74. The molecule has 1 aliphatic rings. The Labute approximate surface area is 156 Å². The molecule has 0 saturated carbocycles. The van der Waals surface area contributed by atoms with Gasteiger partial charge in [0, 0.05) is 19.5 Å². The number of benzene rings is 2. The van der Waals surface area contributed by atoms with E-state index in [2.05, 4.69) is 5.32 Å². The quantitative estimate of drug-likeness (QED) is 0.796. The van der Waals surface area contributed by atoms with Crippen molar-refractivity contribution in [1.82, 2.24) is 5.32 Å². The maximum Gasteiger partial charge on any atom is 0.238 e. The topological polar surface area (TPSA) is 110 Å². The molecule has 2 aromatic carbocycles. The van der Waals surface area contributed by atoms with Crippen LogP contribution >= 0.6 is 0 Å². The number of hydrogen-bond acceptors (Lipinski definition) is 4. The molecule has 1 fully saturated rings. The molecule has 0 aromatic heterocycles. The second-order valence-electron chi connectivity index (χ2n) is 6.27. The normalized spacial score (nSPS) is 17.2. The van der Waals surface area contributed by atoms with Crippen molar-refractivity contribution in [3.63, 3.8) is 0 Å². The Bertz CT molecular complexity index is 994. The van der Waals surface area contributed by atoms with E-state index in [9.17, 15) is 22.4 Å². The smallest absolute Gasteiger partial charge is 0.238 e. The van der Waals surface area contributed by atoms with Crippen molar-refractivity contribution in [3.8, 4) is 0 Å². The number of sulfonamides is 1. The van der Waals surface area contributed by atoms with Crippen molar-refractivity contribution < 1.29 is 22.4 Å². The number of rotatable bonds is 5. The lowest BCUT2D eigenvalue weighted by Gasteiger charge is -2.17. The zero-order chi connectivity index (χ0) is 19.6. The number of nitrogens with zero attached hydrogens (tertiary/aromatic N) is 1. The van der Waals surface area contributed by atoms with Crippen molar-refractivity contribution in [2.75, 3.05) is 11.4 Å². The molecule has 2 amide bonds. The van der Waals surface area contributed by atoms with Gasteiger partial charge in [0.15, 0.2) is 0 Å². The van der Waals surface area contributed by atoms with Crippen molar-refractivity contribution in [2.45, 2.75) is 17.9 Å². The van der Waals surface area contributed by atoms with Gasteiger partial charge < -0.3 is 10.2 Å². The molecule has 1 aliphatic heterocycles. The Morgan fingerprint density at radius 3 is 2.67 bits per heavy atom. The van der Waals surface area contributed by atoms with Gasteiger partial charge in [-0.3, -0.25) is 9.59 Å². The molecular weight excluding hydrogens is 373 g/mol. The van der Waals surface area contributed by atoms with Crippen molar-refractivity contribution in [2.24, 2.45) is 11.1 Å². The van der Waals surface area contributed by atoms with E-state index in [1.54, 1.807) is 12.1 Å². The maximum atomic E-state index is 13.9. The molecule has 0 radical (unpaired) electrons. The van der Waals surface area contributed by atoms with Crippen LogP contribution in [0.4, 0.5) is 10.1 Å². The number of anilines is 1. The minimum absolute atomic E-state index is 0.0165. The zero-order valence-electron chi connectivity index (χ0n) is 14.3. The summed E-state index contributed by atoms with van der Waals surface area (Å²) in [5.74, 6) is -1.81. The number of carbonyl (C=O) groups is 2. The van der Waals surface area contributed by atoms with Gasteiger partial charge in [0.2, 0.25) is 21.8 Å². The highest BCUT2D eigenvalue weighted by atomic mass is 32.2. The van der Waals surface area contributed by atoms with Gasteiger partial charge in [0.05, 0.1) is 16.5 Å². The van der Waals surface area contributed by atoms with Gasteiger partial charge in [-0.1, -0.05) is 24.3 Å². The van der Waals surface area contributed by atoms with Gasteiger partial charge in [-0.2, -0.15) is 0 Å². The fourth-order valence-electron chi connectivity index (χ4n) is 2.95. The standard InChI is InChI=1S/C18H18FN3O4S/c19-15-6-1-2-7-16(15)22-11-13(9-17(22)23)18(24)21-10-12-4-3-5-14(8-12)27(20,25)26/h1-8,13H,9-11H2,(H,21,24)(H2,20,25,26). The highest BCUT2D eigenvalue weighted by molar-refractivity contribution is 7.89. The SMILES string of the molecule is NS(=O)(=O)c1cccc(CNC(=O)C2CC(=O)N(c3ccccc3F)C2)c1. The number of halogens is 1. The number of primary sulfonamides is 1. The number of nitrogens with one attached hydrogen (secondary N) is 1. The van der Waals surface area contributed by atoms with E-state index in [-0.39, 0.29) is 41.9 Å². The second-order valence-corrected chi connectivity index (χ2v) is 7.83. The third kappa shape index (κ3) is 4.32. The number of amides is 2. The summed E-state index contributed by atoms with van der Waals surface area (Å²) in [6.45, 7) is 0.176. The fourth-order valence-corrected chi connectivity index (χ4v) is 3.54. The van der Waals surface area contributed by atoms with Crippen LogP contribution < -0.4 is 15.4 Å². The first kappa shape index (κ1) is 19.0. The summed E-state index contributed by atoms with van der Waals surface area (Å²) in [5, 5.41) is 7.77. The summed E-state index contributed by atoms with van der Waals surface area (Å²) in [7, 11) is -3.83. The number of para-hydroxylation sites is 1. The third-order valence-electron chi connectivity index (χ3n) is 4.33. The molecule has 1 saturated heterocycles. The highest BCUT2D eigenvalue weighted by Crippen LogP contribution is 2.27. The van der Waals surface area contributed by atoms with E-state index in [0.717, 1.165) is 0 Å². The lowest BCUT2D eigenvalue weighted by Crippen LogP contribution is -2.32. The lowest BCUT2D eigenvalue weighted by molar-refractivity contribution is -0.126. The van der Waals surface area contributed by atoms with Crippen LogP contribution in [0, 0.1) is 11.7 Å². The monoisotopic (exact) mass is 391 g/mol. The molecular formula is C18H18FN3O4S. The van der Waals surface area contributed by atoms with Crippen molar-refractivity contribution in [3.05, 3.63) is 59.9 Å². The van der Waals surface area contributed by atoms with Crippen LogP contribution in [-0.2, 0) is 26.2 Å². The van der Waals surface area contributed by atoms with Crippen LogP contribution in [0.15, 0.2) is 53.4 Å². The molecule has 9 heteroatoms. The lowest BCUT2D eigenvalue weighted by atomic mass is 10.1. The van der Waals surface area contributed by atoms with Crippen LogP contribution in [0.3, 0.4) is 0 Å². The van der Waals surface area contributed by atoms with Crippen molar-refractivity contribution in [1.29, 1.82) is 0 Å². The van der Waals surface area contributed by atoms with Gasteiger partial charge in [-0.15, -0.1) is 0 Å². The van der Waals surface area contributed by atoms with E-state index in [1.807, 2.05) is 0 Å². The minimum Gasteiger partial charge on any atom is -0.352 e. The molecule has 1 unspecified atom stereocenters. The average molecular weight is 391 g/mol. The summed E-state index contributed by atoms with van der Waals surface area (Å²) >= 11 is 0. The van der Waals surface area contributed by atoms with E-state index >= 15 is 0 Å². The number of carbonyl (C=O) groups excluding carboxylic acids is 2.